The monoisotopic (exact) mass is 303 g/mol. The van der Waals surface area contributed by atoms with Crippen LogP contribution in [0.3, 0.4) is 0 Å². The van der Waals surface area contributed by atoms with Crippen LogP contribution in [0.5, 0.6) is 0 Å². The number of benzene rings is 1. The van der Waals surface area contributed by atoms with Crippen molar-refractivity contribution in [2.24, 2.45) is 0 Å². The van der Waals surface area contributed by atoms with Gasteiger partial charge in [0.25, 0.3) is 5.91 Å². The minimum absolute atomic E-state index is 0.166. The van der Waals surface area contributed by atoms with E-state index in [2.05, 4.69) is 36.2 Å². The van der Waals surface area contributed by atoms with Crippen molar-refractivity contribution in [1.29, 1.82) is 0 Å². The molecule has 0 aromatic heterocycles. The number of hydrogen-bond donors (Lipinski definition) is 1. The van der Waals surface area contributed by atoms with Crippen LogP contribution in [0.25, 0.3) is 0 Å². The second-order valence-electron chi connectivity index (χ2n) is 5.98. The number of piperidine rings is 1. The summed E-state index contributed by atoms with van der Waals surface area (Å²) in [6, 6.07) is 8.65. The van der Waals surface area contributed by atoms with Crippen LogP contribution in [-0.4, -0.2) is 50.1 Å². The van der Waals surface area contributed by atoms with Crippen molar-refractivity contribution in [2.45, 2.75) is 39.2 Å². The maximum Gasteiger partial charge on any atom is 0.253 e. The largest absolute Gasteiger partial charge is 0.372 e. The topological polar surface area (TPSA) is 35.6 Å². The number of amides is 1. The molecule has 1 aliphatic rings. The smallest absolute Gasteiger partial charge is 0.253 e. The summed E-state index contributed by atoms with van der Waals surface area (Å²) in [5.74, 6) is 0.166. The lowest BCUT2D eigenvalue weighted by atomic mass is 10.0. The van der Waals surface area contributed by atoms with Crippen LogP contribution in [-0.2, 0) is 0 Å². The first kappa shape index (κ1) is 16.8. The molecule has 1 aliphatic heterocycles. The average molecular weight is 303 g/mol. The highest BCUT2D eigenvalue weighted by Crippen LogP contribution is 2.18. The Balaban J connectivity index is 1.99. The first-order valence-electron chi connectivity index (χ1n) is 8.51. The van der Waals surface area contributed by atoms with Gasteiger partial charge >= 0.3 is 0 Å². The summed E-state index contributed by atoms with van der Waals surface area (Å²) >= 11 is 0. The van der Waals surface area contributed by atoms with E-state index in [4.69, 9.17) is 0 Å². The molecule has 0 unspecified atom stereocenters. The van der Waals surface area contributed by atoms with Gasteiger partial charge in [0.15, 0.2) is 0 Å². The predicted octanol–water partition coefficient (Wildman–Crippen LogP) is 2.75. The Morgan fingerprint density at radius 2 is 1.86 bits per heavy atom. The van der Waals surface area contributed by atoms with Crippen LogP contribution in [0, 0.1) is 0 Å². The van der Waals surface area contributed by atoms with E-state index in [0.717, 1.165) is 51.0 Å². The number of hydrogen-bond acceptors (Lipinski definition) is 3. The van der Waals surface area contributed by atoms with Gasteiger partial charge in [-0.2, -0.15) is 0 Å². The lowest BCUT2D eigenvalue weighted by Gasteiger charge is -2.32. The van der Waals surface area contributed by atoms with Crippen LogP contribution < -0.4 is 10.2 Å². The number of anilines is 1. The summed E-state index contributed by atoms with van der Waals surface area (Å²) in [4.78, 5) is 16.9. The van der Waals surface area contributed by atoms with Crippen LogP contribution in [0.4, 0.5) is 5.69 Å². The average Bonchev–Trinajstić information content (AvgIpc) is 2.59. The fourth-order valence-corrected chi connectivity index (χ4v) is 3.11. The molecule has 2 rings (SSSR count). The Bertz CT molecular complexity index is 464. The lowest BCUT2D eigenvalue weighted by Crippen LogP contribution is -2.43. The molecule has 1 aromatic rings. The van der Waals surface area contributed by atoms with Gasteiger partial charge < -0.3 is 15.1 Å². The molecule has 0 spiro atoms. The minimum Gasteiger partial charge on any atom is -0.372 e. The second-order valence-corrected chi connectivity index (χ2v) is 5.98. The second kappa shape index (κ2) is 8.18. The van der Waals surface area contributed by atoms with Gasteiger partial charge in [-0.05, 0) is 57.5 Å². The van der Waals surface area contributed by atoms with Gasteiger partial charge in [0, 0.05) is 43.5 Å². The van der Waals surface area contributed by atoms with Crippen LogP contribution in [0.2, 0.25) is 0 Å². The number of rotatable bonds is 6. The maximum absolute atomic E-state index is 12.6. The first-order chi connectivity index (χ1) is 10.7. The van der Waals surface area contributed by atoms with Crippen molar-refractivity contribution in [1.82, 2.24) is 10.2 Å². The van der Waals surface area contributed by atoms with Gasteiger partial charge in [0.05, 0.1) is 0 Å². The molecular weight excluding hydrogens is 274 g/mol. The molecule has 4 nitrogen and oxygen atoms in total. The number of carbonyl (C=O) groups is 1. The Morgan fingerprint density at radius 3 is 2.36 bits per heavy atom. The molecule has 0 saturated carbocycles. The zero-order valence-electron chi connectivity index (χ0n) is 14.1. The highest BCUT2D eigenvalue weighted by atomic mass is 16.2. The van der Waals surface area contributed by atoms with Crippen molar-refractivity contribution in [3.05, 3.63) is 29.8 Å². The fourth-order valence-electron chi connectivity index (χ4n) is 3.11. The zero-order chi connectivity index (χ0) is 15.9. The Morgan fingerprint density at radius 1 is 1.23 bits per heavy atom. The summed E-state index contributed by atoms with van der Waals surface area (Å²) in [5, 5.41) is 3.30. The molecule has 1 N–H and O–H groups in total. The maximum atomic E-state index is 12.6. The van der Waals surface area contributed by atoms with Gasteiger partial charge in [-0.1, -0.05) is 6.92 Å². The summed E-state index contributed by atoms with van der Waals surface area (Å²) in [6.45, 7) is 8.11. The van der Waals surface area contributed by atoms with Gasteiger partial charge in [-0.25, -0.2) is 0 Å². The molecule has 4 heteroatoms. The van der Waals surface area contributed by atoms with Gasteiger partial charge in [-0.15, -0.1) is 0 Å². The molecular formula is C18H29N3O. The molecule has 1 aromatic carbocycles. The van der Waals surface area contributed by atoms with E-state index in [1.54, 1.807) is 0 Å². The summed E-state index contributed by atoms with van der Waals surface area (Å²) in [7, 11) is 2.00. The first-order valence-corrected chi connectivity index (χ1v) is 8.51. The number of carbonyl (C=O) groups excluding carboxylic acids is 1. The summed E-state index contributed by atoms with van der Waals surface area (Å²) < 4.78 is 0. The van der Waals surface area contributed by atoms with E-state index >= 15 is 0 Å². The van der Waals surface area contributed by atoms with Crippen molar-refractivity contribution in [3.63, 3.8) is 0 Å². The molecule has 0 atom stereocenters. The molecule has 22 heavy (non-hydrogen) atoms. The Kier molecular flexibility index (Phi) is 6.25. The molecule has 0 radical (unpaired) electrons. The zero-order valence-corrected chi connectivity index (χ0v) is 14.1. The SMILES string of the molecule is CCCN(CC)c1ccc(C(=O)N2CCC(NC)CC2)cc1. The highest BCUT2D eigenvalue weighted by molar-refractivity contribution is 5.94. The molecule has 1 amide bonds. The minimum atomic E-state index is 0.166. The van der Waals surface area contributed by atoms with Crippen LogP contribution in [0.1, 0.15) is 43.5 Å². The van der Waals surface area contributed by atoms with E-state index in [1.165, 1.54) is 5.69 Å². The Labute approximate surface area is 134 Å². The molecule has 1 heterocycles. The predicted molar refractivity (Wildman–Crippen MR) is 92.6 cm³/mol. The molecule has 1 saturated heterocycles. The van der Waals surface area contributed by atoms with Crippen LogP contribution >= 0.6 is 0 Å². The Hall–Kier alpha value is -1.55. The molecule has 1 fully saturated rings. The third kappa shape index (κ3) is 4.01. The third-order valence-electron chi connectivity index (χ3n) is 4.55. The van der Waals surface area contributed by atoms with Crippen molar-refractivity contribution >= 4 is 11.6 Å². The van der Waals surface area contributed by atoms with E-state index in [0.29, 0.717) is 6.04 Å². The van der Waals surface area contributed by atoms with Crippen molar-refractivity contribution in [3.8, 4) is 0 Å². The van der Waals surface area contributed by atoms with E-state index in [9.17, 15) is 4.79 Å². The molecule has 0 aliphatic carbocycles. The number of nitrogens with zero attached hydrogens (tertiary/aromatic N) is 2. The van der Waals surface area contributed by atoms with E-state index < -0.39 is 0 Å². The normalized spacial score (nSPS) is 15.9. The third-order valence-corrected chi connectivity index (χ3v) is 4.55. The standard InChI is InChI=1S/C18H29N3O/c1-4-12-20(5-2)17-8-6-15(7-9-17)18(22)21-13-10-16(19-3)11-14-21/h6-9,16,19H,4-5,10-14H2,1-3H3. The van der Waals surface area contributed by atoms with Crippen LogP contribution in [0.15, 0.2) is 24.3 Å². The molecule has 122 valence electrons. The summed E-state index contributed by atoms with van der Waals surface area (Å²) in [6.07, 6.45) is 3.22. The lowest BCUT2D eigenvalue weighted by molar-refractivity contribution is 0.0707. The van der Waals surface area contributed by atoms with E-state index in [-0.39, 0.29) is 5.91 Å². The van der Waals surface area contributed by atoms with Gasteiger partial charge in [0.2, 0.25) is 0 Å². The van der Waals surface area contributed by atoms with Gasteiger partial charge in [0.1, 0.15) is 0 Å². The van der Waals surface area contributed by atoms with Gasteiger partial charge in [-0.3, -0.25) is 4.79 Å². The van der Waals surface area contributed by atoms with E-state index in [1.807, 2.05) is 24.1 Å². The molecule has 0 bridgehead atoms. The summed E-state index contributed by atoms with van der Waals surface area (Å²) in [5.41, 5.74) is 2.01. The van der Waals surface area contributed by atoms with Crippen molar-refractivity contribution < 1.29 is 4.79 Å². The highest BCUT2D eigenvalue weighted by Gasteiger charge is 2.22. The quantitative estimate of drug-likeness (QED) is 0.878. The number of likely N-dealkylation sites (tertiary alicyclic amines) is 1. The number of nitrogens with one attached hydrogen (secondary N) is 1. The fraction of sp³-hybridized carbons (Fsp3) is 0.611. The van der Waals surface area contributed by atoms with Crippen molar-refractivity contribution in [2.75, 3.05) is 38.1 Å².